The minimum Gasteiger partial charge on any atom is -0.335 e. The van der Waals surface area contributed by atoms with Gasteiger partial charge in [0.25, 0.3) is 0 Å². The molecule has 138 valence electrons. The molecule has 4 rings (SSSR count). The number of benzene rings is 1. The van der Waals surface area contributed by atoms with E-state index in [9.17, 15) is 9.59 Å². The first-order valence-corrected chi connectivity index (χ1v) is 10.1. The van der Waals surface area contributed by atoms with Crippen LogP contribution in [-0.2, 0) is 4.79 Å². The predicted octanol–water partition coefficient (Wildman–Crippen LogP) is 2.85. The van der Waals surface area contributed by atoms with Gasteiger partial charge in [0.15, 0.2) is 0 Å². The van der Waals surface area contributed by atoms with E-state index < -0.39 is 0 Å². The van der Waals surface area contributed by atoms with E-state index in [1.54, 1.807) is 11.3 Å². The molecule has 6 nitrogen and oxygen atoms in total. The Morgan fingerprint density at radius 1 is 1.19 bits per heavy atom. The molecule has 2 N–H and O–H groups in total. The van der Waals surface area contributed by atoms with E-state index in [4.69, 9.17) is 4.98 Å². The monoisotopic (exact) mass is 372 g/mol. The lowest BCUT2D eigenvalue weighted by Crippen LogP contribution is -2.51. The van der Waals surface area contributed by atoms with Gasteiger partial charge in [0.05, 0.1) is 21.3 Å². The molecule has 2 heterocycles. The van der Waals surface area contributed by atoms with E-state index in [-0.39, 0.29) is 24.0 Å². The average molecular weight is 372 g/mol. The molecule has 2 fully saturated rings. The van der Waals surface area contributed by atoms with Crippen molar-refractivity contribution in [1.82, 2.24) is 20.5 Å². The summed E-state index contributed by atoms with van der Waals surface area (Å²) in [5.74, 6) is 0.235. The second kappa shape index (κ2) is 7.32. The molecule has 0 spiro atoms. The third-order valence-corrected chi connectivity index (χ3v) is 6.46. The molecule has 2 aliphatic rings. The summed E-state index contributed by atoms with van der Waals surface area (Å²) in [5.41, 5.74) is 1.07. The summed E-state index contributed by atoms with van der Waals surface area (Å²) in [7, 11) is 0. The highest BCUT2D eigenvalue weighted by Gasteiger charge is 2.30. The van der Waals surface area contributed by atoms with Gasteiger partial charge in [0.2, 0.25) is 5.91 Å². The highest BCUT2D eigenvalue weighted by molar-refractivity contribution is 7.18. The van der Waals surface area contributed by atoms with E-state index in [0.29, 0.717) is 5.92 Å². The Bertz CT molecular complexity index is 776. The van der Waals surface area contributed by atoms with Crippen LogP contribution < -0.4 is 10.6 Å². The zero-order chi connectivity index (χ0) is 18.1. The highest BCUT2D eigenvalue weighted by atomic mass is 32.1. The first-order valence-electron chi connectivity index (χ1n) is 9.31. The van der Waals surface area contributed by atoms with Gasteiger partial charge in [0.1, 0.15) is 0 Å². The summed E-state index contributed by atoms with van der Waals surface area (Å²) in [6.07, 6.45) is 4.00. The molecule has 1 aliphatic heterocycles. The van der Waals surface area contributed by atoms with Gasteiger partial charge in [-0.2, -0.15) is 0 Å². The number of thiazole rings is 1. The SMILES string of the molecule is C[C@@H](C(=O)NC(=O)NC1CC1)N1CCC(c2nc3ccccc3s2)CC1. The second-order valence-corrected chi connectivity index (χ2v) is 8.31. The third-order valence-electron chi connectivity index (χ3n) is 5.27. The first kappa shape index (κ1) is 17.4. The van der Waals surface area contributed by atoms with Crippen LogP contribution in [0.2, 0.25) is 0 Å². The van der Waals surface area contributed by atoms with Crippen LogP contribution in [0.4, 0.5) is 4.79 Å². The molecular formula is C19H24N4O2S. The van der Waals surface area contributed by atoms with E-state index in [1.807, 2.05) is 19.1 Å². The molecule has 0 radical (unpaired) electrons. The van der Waals surface area contributed by atoms with Crippen molar-refractivity contribution in [2.75, 3.05) is 13.1 Å². The molecule has 3 amide bonds. The Kier molecular flexibility index (Phi) is 4.91. The van der Waals surface area contributed by atoms with Gasteiger partial charge in [-0.25, -0.2) is 9.78 Å². The molecule has 26 heavy (non-hydrogen) atoms. The average Bonchev–Trinajstić information content (AvgIpc) is 3.35. The van der Waals surface area contributed by atoms with E-state index in [1.165, 1.54) is 9.71 Å². The fraction of sp³-hybridized carbons (Fsp3) is 0.526. The number of piperidine rings is 1. The number of carbonyl (C=O) groups excluding carboxylic acids is 2. The van der Waals surface area contributed by atoms with Crippen LogP contribution in [-0.4, -0.2) is 47.0 Å². The molecule has 1 atom stereocenters. The van der Waals surface area contributed by atoms with Gasteiger partial charge in [-0.05, 0) is 57.8 Å². The summed E-state index contributed by atoms with van der Waals surface area (Å²) in [5, 5.41) is 6.46. The van der Waals surface area contributed by atoms with Crippen LogP contribution in [0, 0.1) is 0 Å². The maximum Gasteiger partial charge on any atom is 0.321 e. The number of nitrogens with zero attached hydrogens (tertiary/aromatic N) is 2. The van der Waals surface area contributed by atoms with Crippen molar-refractivity contribution in [3.05, 3.63) is 29.3 Å². The summed E-state index contributed by atoms with van der Waals surface area (Å²) < 4.78 is 1.24. The van der Waals surface area contributed by atoms with Crippen LogP contribution in [0.15, 0.2) is 24.3 Å². The lowest BCUT2D eigenvalue weighted by atomic mass is 9.96. The molecule has 7 heteroatoms. The van der Waals surface area contributed by atoms with Crippen LogP contribution in [0.5, 0.6) is 0 Å². The molecule has 1 saturated heterocycles. The summed E-state index contributed by atoms with van der Waals surface area (Å²) >= 11 is 1.78. The maximum absolute atomic E-state index is 12.3. The topological polar surface area (TPSA) is 74.3 Å². The van der Waals surface area contributed by atoms with Crippen molar-refractivity contribution in [3.63, 3.8) is 0 Å². The van der Waals surface area contributed by atoms with Crippen LogP contribution in [0.25, 0.3) is 10.2 Å². The maximum atomic E-state index is 12.3. The largest absolute Gasteiger partial charge is 0.335 e. The minimum absolute atomic E-state index is 0.221. The van der Waals surface area contributed by atoms with Crippen molar-refractivity contribution in [2.24, 2.45) is 0 Å². The van der Waals surface area contributed by atoms with E-state index in [0.717, 1.165) is 44.3 Å². The first-order chi connectivity index (χ1) is 12.6. The molecule has 2 aromatic rings. The molecular weight excluding hydrogens is 348 g/mol. The molecule has 0 bridgehead atoms. The van der Waals surface area contributed by atoms with Gasteiger partial charge < -0.3 is 5.32 Å². The van der Waals surface area contributed by atoms with Crippen LogP contribution in [0.1, 0.15) is 43.5 Å². The number of imide groups is 1. The number of hydrogen-bond acceptors (Lipinski definition) is 5. The summed E-state index contributed by atoms with van der Waals surface area (Å²) in [4.78, 5) is 31.0. The number of carbonyl (C=O) groups is 2. The Balaban J connectivity index is 1.30. The van der Waals surface area contributed by atoms with E-state index in [2.05, 4.69) is 27.7 Å². The van der Waals surface area contributed by atoms with Crippen molar-refractivity contribution in [2.45, 2.75) is 50.6 Å². The predicted molar refractivity (Wildman–Crippen MR) is 102 cm³/mol. The number of rotatable bonds is 4. The number of fused-ring (bicyclic) bond motifs is 1. The molecule has 1 aromatic heterocycles. The fourth-order valence-electron chi connectivity index (χ4n) is 3.43. The number of aromatic nitrogens is 1. The van der Waals surface area contributed by atoms with Gasteiger partial charge in [-0.1, -0.05) is 12.1 Å². The van der Waals surface area contributed by atoms with Gasteiger partial charge in [-0.3, -0.25) is 15.0 Å². The van der Waals surface area contributed by atoms with E-state index >= 15 is 0 Å². The standard InChI is InChI=1S/C19H24N4O2S/c1-12(17(24)22-19(25)20-14-6-7-14)23-10-8-13(9-11-23)18-21-15-4-2-3-5-16(15)26-18/h2-5,12-14H,6-11H2,1H3,(H2,20,22,24,25)/t12-/m0/s1. The quantitative estimate of drug-likeness (QED) is 0.865. The number of urea groups is 1. The number of nitrogens with one attached hydrogen (secondary N) is 2. The Labute approximate surface area is 157 Å². The lowest BCUT2D eigenvalue weighted by molar-refractivity contribution is -0.125. The second-order valence-electron chi connectivity index (χ2n) is 7.24. The number of para-hydroxylation sites is 1. The highest BCUT2D eigenvalue weighted by Crippen LogP contribution is 2.34. The normalized spacial score (nSPS) is 20.0. The molecule has 1 saturated carbocycles. The lowest BCUT2D eigenvalue weighted by Gasteiger charge is -2.34. The smallest absolute Gasteiger partial charge is 0.321 e. The van der Waals surface area contributed by atoms with Crippen LogP contribution in [0.3, 0.4) is 0 Å². The molecule has 1 aromatic carbocycles. The fourth-order valence-corrected chi connectivity index (χ4v) is 4.57. The Hall–Kier alpha value is -1.99. The summed E-state index contributed by atoms with van der Waals surface area (Å²) in [6.45, 7) is 3.57. The van der Waals surface area contributed by atoms with Gasteiger partial charge >= 0.3 is 6.03 Å². The number of amides is 3. The number of likely N-dealkylation sites (tertiary alicyclic amines) is 1. The molecule has 0 unspecified atom stereocenters. The Morgan fingerprint density at radius 2 is 1.92 bits per heavy atom. The zero-order valence-corrected chi connectivity index (χ0v) is 15.7. The van der Waals surface area contributed by atoms with Crippen molar-refractivity contribution in [1.29, 1.82) is 0 Å². The Morgan fingerprint density at radius 3 is 2.62 bits per heavy atom. The molecule has 1 aliphatic carbocycles. The third kappa shape index (κ3) is 3.88. The minimum atomic E-state index is -0.367. The van der Waals surface area contributed by atoms with Crippen molar-refractivity contribution in [3.8, 4) is 0 Å². The van der Waals surface area contributed by atoms with Crippen LogP contribution >= 0.6 is 11.3 Å². The zero-order valence-electron chi connectivity index (χ0n) is 14.9. The van der Waals surface area contributed by atoms with Gasteiger partial charge in [-0.15, -0.1) is 11.3 Å². The number of hydrogen-bond donors (Lipinski definition) is 2. The van der Waals surface area contributed by atoms with Crippen molar-refractivity contribution >= 4 is 33.5 Å². The van der Waals surface area contributed by atoms with Crippen molar-refractivity contribution < 1.29 is 9.59 Å². The van der Waals surface area contributed by atoms with Gasteiger partial charge in [0, 0.05) is 12.0 Å². The summed E-state index contributed by atoms with van der Waals surface area (Å²) in [6, 6.07) is 7.84.